The van der Waals surface area contributed by atoms with Gasteiger partial charge in [0.1, 0.15) is 5.75 Å². The lowest BCUT2D eigenvalue weighted by atomic mass is 10.2. The maximum Gasteiger partial charge on any atom is 0.308 e. The molecule has 1 saturated carbocycles. The van der Waals surface area contributed by atoms with Crippen LogP contribution in [-0.2, 0) is 14.3 Å². The lowest BCUT2D eigenvalue weighted by Crippen LogP contribution is -2.31. The maximum atomic E-state index is 12.0. The van der Waals surface area contributed by atoms with Gasteiger partial charge in [-0.1, -0.05) is 12.1 Å². The van der Waals surface area contributed by atoms with Gasteiger partial charge in [0.05, 0.1) is 19.1 Å². The molecular formula is C16H20N2O5. The molecule has 0 bridgehead atoms. The number of hydrogen-bond donors (Lipinski definition) is 2. The van der Waals surface area contributed by atoms with E-state index in [1.165, 1.54) is 7.11 Å². The van der Waals surface area contributed by atoms with Crippen LogP contribution in [0.5, 0.6) is 5.75 Å². The summed E-state index contributed by atoms with van der Waals surface area (Å²) >= 11 is 0. The van der Waals surface area contributed by atoms with Gasteiger partial charge in [0.25, 0.3) is 11.8 Å². The summed E-state index contributed by atoms with van der Waals surface area (Å²) in [7, 11) is 1.48. The number of rotatable bonds is 8. The van der Waals surface area contributed by atoms with Crippen molar-refractivity contribution in [3.8, 4) is 5.75 Å². The number of methoxy groups -OCH3 is 1. The second-order valence-corrected chi connectivity index (χ2v) is 5.21. The van der Waals surface area contributed by atoms with Crippen LogP contribution in [0, 0.1) is 0 Å². The van der Waals surface area contributed by atoms with Gasteiger partial charge in [-0.05, 0) is 25.0 Å². The lowest BCUT2D eigenvalue weighted by Gasteiger charge is -2.09. The number of esters is 1. The van der Waals surface area contributed by atoms with Gasteiger partial charge < -0.3 is 20.1 Å². The molecule has 0 saturated heterocycles. The van der Waals surface area contributed by atoms with Crippen molar-refractivity contribution in [2.45, 2.75) is 25.3 Å². The highest BCUT2D eigenvalue weighted by atomic mass is 16.5. The fraction of sp³-hybridized carbons (Fsp3) is 0.438. The number of amides is 2. The molecule has 0 atom stereocenters. The van der Waals surface area contributed by atoms with E-state index < -0.39 is 5.97 Å². The Morgan fingerprint density at radius 3 is 2.65 bits per heavy atom. The van der Waals surface area contributed by atoms with Gasteiger partial charge in [0.2, 0.25) is 0 Å². The third-order valence-corrected chi connectivity index (χ3v) is 3.27. The minimum Gasteiger partial charge on any atom is -0.496 e. The summed E-state index contributed by atoms with van der Waals surface area (Å²) in [6.45, 7) is -0.157. The van der Waals surface area contributed by atoms with E-state index in [1.807, 2.05) is 0 Å². The second kappa shape index (κ2) is 8.17. The van der Waals surface area contributed by atoms with Gasteiger partial charge in [-0.25, -0.2) is 0 Å². The molecule has 2 N–H and O–H groups in total. The van der Waals surface area contributed by atoms with Gasteiger partial charge in [-0.15, -0.1) is 0 Å². The quantitative estimate of drug-likeness (QED) is 0.686. The summed E-state index contributed by atoms with van der Waals surface area (Å²) in [6.07, 6.45) is 1.96. The summed E-state index contributed by atoms with van der Waals surface area (Å²) in [4.78, 5) is 34.9. The molecule has 0 radical (unpaired) electrons. The van der Waals surface area contributed by atoms with Crippen LogP contribution < -0.4 is 15.4 Å². The van der Waals surface area contributed by atoms with E-state index in [0.29, 0.717) is 11.3 Å². The molecule has 0 aromatic heterocycles. The first kappa shape index (κ1) is 16.8. The van der Waals surface area contributed by atoms with Crippen LogP contribution in [0.4, 0.5) is 0 Å². The fourth-order valence-corrected chi connectivity index (χ4v) is 1.92. The first-order valence-corrected chi connectivity index (χ1v) is 7.46. The van der Waals surface area contributed by atoms with E-state index in [2.05, 4.69) is 10.6 Å². The standard InChI is InChI=1S/C16H20N2O5/c1-22-13-5-3-2-4-12(13)16(21)17-9-8-15(20)23-10-14(19)18-11-6-7-11/h2-5,11H,6-10H2,1H3,(H,17,21)(H,18,19). The molecule has 0 spiro atoms. The number of carbonyl (C=O) groups excluding carboxylic acids is 3. The summed E-state index contributed by atoms with van der Waals surface area (Å²) < 4.78 is 9.94. The Morgan fingerprint density at radius 2 is 1.96 bits per heavy atom. The number of nitrogens with one attached hydrogen (secondary N) is 2. The lowest BCUT2D eigenvalue weighted by molar-refractivity contribution is -0.148. The Morgan fingerprint density at radius 1 is 1.22 bits per heavy atom. The molecule has 0 aliphatic heterocycles. The van der Waals surface area contributed by atoms with Crippen LogP contribution in [0.2, 0.25) is 0 Å². The first-order chi connectivity index (χ1) is 11.1. The smallest absolute Gasteiger partial charge is 0.308 e. The van der Waals surface area contributed by atoms with E-state index >= 15 is 0 Å². The normalized spacial score (nSPS) is 13.1. The molecule has 124 valence electrons. The van der Waals surface area contributed by atoms with E-state index in [-0.39, 0.29) is 37.4 Å². The summed E-state index contributed by atoms with van der Waals surface area (Å²) in [5, 5.41) is 5.33. The van der Waals surface area contributed by atoms with Crippen LogP contribution in [0.25, 0.3) is 0 Å². The Hall–Kier alpha value is -2.57. The van der Waals surface area contributed by atoms with Gasteiger partial charge in [-0.2, -0.15) is 0 Å². The Kier molecular flexibility index (Phi) is 5.96. The average Bonchev–Trinajstić information content (AvgIpc) is 3.36. The van der Waals surface area contributed by atoms with Crippen LogP contribution in [-0.4, -0.2) is 44.1 Å². The van der Waals surface area contributed by atoms with Crippen molar-refractivity contribution in [1.82, 2.24) is 10.6 Å². The molecule has 1 aromatic rings. The minimum absolute atomic E-state index is 0.00238. The fourth-order valence-electron chi connectivity index (χ4n) is 1.92. The van der Waals surface area contributed by atoms with Crippen LogP contribution in [0.1, 0.15) is 29.6 Å². The van der Waals surface area contributed by atoms with Crippen molar-refractivity contribution in [3.05, 3.63) is 29.8 Å². The molecule has 1 aliphatic rings. The van der Waals surface area contributed by atoms with E-state index in [1.54, 1.807) is 24.3 Å². The Labute approximate surface area is 134 Å². The minimum atomic E-state index is -0.531. The zero-order valence-corrected chi connectivity index (χ0v) is 13.0. The van der Waals surface area contributed by atoms with Crippen molar-refractivity contribution in [1.29, 1.82) is 0 Å². The predicted molar refractivity (Wildman–Crippen MR) is 82.1 cm³/mol. The molecule has 2 amide bonds. The largest absolute Gasteiger partial charge is 0.496 e. The van der Waals surface area contributed by atoms with Gasteiger partial charge >= 0.3 is 5.97 Å². The molecule has 0 heterocycles. The first-order valence-electron chi connectivity index (χ1n) is 7.46. The zero-order chi connectivity index (χ0) is 16.7. The third kappa shape index (κ3) is 5.61. The van der Waals surface area contributed by atoms with Crippen LogP contribution >= 0.6 is 0 Å². The third-order valence-electron chi connectivity index (χ3n) is 3.27. The van der Waals surface area contributed by atoms with Crippen LogP contribution in [0.3, 0.4) is 0 Å². The highest BCUT2D eigenvalue weighted by Crippen LogP contribution is 2.18. The summed E-state index contributed by atoms with van der Waals surface area (Å²) in [5.41, 5.74) is 0.396. The van der Waals surface area contributed by atoms with Crippen molar-refractivity contribution < 1.29 is 23.9 Å². The molecule has 1 fully saturated rings. The highest BCUT2D eigenvalue weighted by Gasteiger charge is 2.23. The number of benzene rings is 1. The summed E-state index contributed by atoms with van der Waals surface area (Å²) in [6, 6.07) is 7.04. The maximum absolute atomic E-state index is 12.0. The van der Waals surface area contributed by atoms with Gasteiger partial charge in [0, 0.05) is 12.6 Å². The molecule has 2 rings (SSSR count). The average molecular weight is 320 g/mol. The Balaban J connectivity index is 1.66. The van der Waals surface area contributed by atoms with Gasteiger partial charge in [0.15, 0.2) is 6.61 Å². The van der Waals surface area contributed by atoms with Gasteiger partial charge in [-0.3, -0.25) is 14.4 Å². The Bertz CT molecular complexity index is 584. The second-order valence-electron chi connectivity index (χ2n) is 5.21. The van der Waals surface area contributed by atoms with Crippen molar-refractivity contribution in [2.75, 3.05) is 20.3 Å². The van der Waals surface area contributed by atoms with Crippen LogP contribution in [0.15, 0.2) is 24.3 Å². The van der Waals surface area contributed by atoms with E-state index in [9.17, 15) is 14.4 Å². The molecule has 0 unspecified atom stereocenters. The molecule has 1 aromatic carbocycles. The van der Waals surface area contributed by atoms with E-state index in [4.69, 9.17) is 9.47 Å². The molecule has 7 heteroatoms. The molecule has 7 nitrogen and oxygen atoms in total. The zero-order valence-electron chi connectivity index (χ0n) is 13.0. The number of ether oxygens (including phenoxy) is 2. The number of hydrogen-bond acceptors (Lipinski definition) is 5. The summed E-state index contributed by atoms with van der Waals surface area (Å²) in [5.74, 6) is -0.693. The van der Waals surface area contributed by atoms with Crippen molar-refractivity contribution >= 4 is 17.8 Å². The highest BCUT2D eigenvalue weighted by molar-refractivity contribution is 5.97. The monoisotopic (exact) mass is 320 g/mol. The molecule has 1 aliphatic carbocycles. The van der Waals surface area contributed by atoms with Crippen molar-refractivity contribution in [2.24, 2.45) is 0 Å². The molecular weight excluding hydrogens is 300 g/mol. The number of para-hydroxylation sites is 1. The predicted octanol–water partition coefficient (Wildman–Crippen LogP) is 0.637. The SMILES string of the molecule is COc1ccccc1C(=O)NCCC(=O)OCC(=O)NC1CC1. The topological polar surface area (TPSA) is 93.7 Å². The number of carbonyl (C=O) groups is 3. The van der Waals surface area contributed by atoms with Crippen molar-refractivity contribution in [3.63, 3.8) is 0 Å². The molecule has 23 heavy (non-hydrogen) atoms. The van der Waals surface area contributed by atoms with E-state index in [0.717, 1.165) is 12.8 Å².